The van der Waals surface area contributed by atoms with Gasteiger partial charge in [0.25, 0.3) is 0 Å². The molecule has 0 fully saturated rings. The average molecular weight is 249 g/mol. The predicted octanol–water partition coefficient (Wildman–Crippen LogP) is 5.58. The lowest BCUT2D eigenvalue weighted by atomic mass is 9.98. The zero-order valence-electron chi connectivity index (χ0n) is 12.8. The molecule has 0 heterocycles. The lowest BCUT2D eigenvalue weighted by Gasteiger charge is -2.09. The molecule has 0 aromatic carbocycles. The van der Waals surface area contributed by atoms with Crippen molar-refractivity contribution in [1.29, 1.82) is 0 Å². The summed E-state index contributed by atoms with van der Waals surface area (Å²) < 4.78 is 0. The Kier molecular flexibility index (Phi) is 12.0. The number of allylic oxidation sites excluding steroid dienone is 4. The fraction of sp³-hybridized carbons (Fsp3) is 0.706. The largest absolute Gasteiger partial charge is 0.293 e. The Bertz CT molecular complexity index is 261. The topological polar surface area (TPSA) is 12.4 Å². The van der Waals surface area contributed by atoms with Crippen molar-refractivity contribution in [3.63, 3.8) is 0 Å². The smallest absolute Gasteiger partial charge is 0.0373 e. The van der Waals surface area contributed by atoms with Crippen LogP contribution in [-0.2, 0) is 0 Å². The van der Waals surface area contributed by atoms with Gasteiger partial charge in [0, 0.05) is 12.8 Å². The fourth-order valence-electron chi connectivity index (χ4n) is 1.96. The number of hydrogen-bond donors (Lipinski definition) is 0. The van der Waals surface area contributed by atoms with Crippen LogP contribution in [0.4, 0.5) is 0 Å². The lowest BCUT2D eigenvalue weighted by Crippen LogP contribution is -2.08. The van der Waals surface area contributed by atoms with Gasteiger partial charge in [-0.15, -0.1) is 0 Å². The zero-order chi connectivity index (χ0) is 13.6. The summed E-state index contributed by atoms with van der Waals surface area (Å²) in [4.78, 5) is 4.38. The van der Waals surface area contributed by atoms with Crippen LogP contribution in [0.2, 0.25) is 0 Å². The summed E-state index contributed by atoms with van der Waals surface area (Å²) in [7, 11) is 1.90. The van der Waals surface area contributed by atoms with Crippen molar-refractivity contribution in [1.82, 2.24) is 0 Å². The van der Waals surface area contributed by atoms with E-state index >= 15 is 0 Å². The molecule has 104 valence electrons. The second kappa shape index (κ2) is 12.6. The Morgan fingerprint density at radius 1 is 1.06 bits per heavy atom. The summed E-state index contributed by atoms with van der Waals surface area (Å²) in [6.07, 6.45) is 17.7. The molecule has 0 spiro atoms. The van der Waals surface area contributed by atoms with Crippen molar-refractivity contribution in [2.24, 2.45) is 10.9 Å². The third-order valence-electron chi connectivity index (χ3n) is 3.24. The highest BCUT2D eigenvalue weighted by Crippen LogP contribution is 2.10. The van der Waals surface area contributed by atoms with Crippen molar-refractivity contribution in [2.45, 2.75) is 65.7 Å². The number of unbranched alkanes of at least 4 members (excludes halogenated alkanes) is 4. The van der Waals surface area contributed by atoms with Gasteiger partial charge in [-0.2, -0.15) is 0 Å². The minimum atomic E-state index is 0.583. The first kappa shape index (κ1) is 17.2. The van der Waals surface area contributed by atoms with Crippen molar-refractivity contribution in [2.75, 3.05) is 7.05 Å². The Hall–Kier alpha value is -0.850. The fourth-order valence-corrected chi connectivity index (χ4v) is 1.96. The van der Waals surface area contributed by atoms with E-state index in [1.807, 2.05) is 7.05 Å². The molecule has 1 heteroatoms. The van der Waals surface area contributed by atoms with E-state index in [0.29, 0.717) is 5.92 Å². The summed E-state index contributed by atoms with van der Waals surface area (Å²) in [6, 6.07) is 0. The van der Waals surface area contributed by atoms with Gasteiger partial charge in [0.05, 0.1) is 0 Å². The maximum atomic E-state index is 4.38. The maximum absolute atomic E-state index is 4.38. The molecule has 1 unspecified atom stereocenters. The SMILES string of the molecule is CCCCC\C=C/C=C\C(=N/C)C(C)CCCC. The molecule has 0 radical (unpaired) electrons. The Balaban J connectivity index is 3.97. The number of nitrogens with zero attached hydrogens (tertiary/aromatic N) is 1. The van der Waals surface area contributed by atoms with E-state index in [1.54, 1.807) is 0 Å². The molecular formula is C17H31N. The molecule has 0 saturated carbocycles. The van der Waals surface area contributed by atoms with Crippen LogP contribution in [0.15, 0.2) is 29.3 Å². The molecule has 0 saturated heterocycles. The molecule has 0 rings (SSSR count). The number of rotatable bonds is 10. The van der Waals surface area contributed by atoms with E-state index in [4.69, 9.17) is 0 Å². The summed E-state index contributed by atoms with van der Waals surface area (Å²) in [5.74, 6) is 0.583. The molecule has 0 aliphatic rings. The molecule has 0 aliphatic carbocycles. The molecule has 18 heavy (non-hydrogen) atoms. The van der Waals surface area contributed by atoms with Crippen LogP contribution in [0.25, 0.3) is 0 Å². The molecular weight excluding hydrogens is 218 g/mol. The van der Waals surface area contributed by atoms with Gasteiger partial charge in [-0.1, -0.05) is 64.7 Å². The van der Waals surface area contributed by atoms with Crippen LogP contribution in [0.3, 0.4) is 0 Å². The van der Waals surface area contributed by atoms with Gasteiger partial charge in [-0.05, 0) is 31.3 Å². The standard InChI is InChI=1S/C17H31N/c1-5-7-9-10-11-12-13-15-17(18-4)16(3)14-8-6-2/h11-13,15-16H,5-10,14H2,1-4H3/b12-11-,15-13-,18-17+. The van der Waals surface area contributed by atoms with Crippen molar-refractivity contribution >= 4 is 5.71 Å². The zero-order valence-corrected chi connectivity index (χ0v) is 12.8. The third-order valence-corrected chi connectivity index (χ3v) is 3.24. The second-order valence-corrected chi connectivity index (χ2v) is 4.97. The summed E-state index contributed by atoms with van der Waals surface area (Å²) in [5, 5.41) is 0. The summed E-state index contributed by atoms with van der Waals surface area (Å²) in [6.45, 7) is 6.75. The van der Waals surface area contributed by atoms with Gasteiger partial charge in [0.15, 0.2) is 0 Å². The Morgan fingerprint density at radius 2 is 1.78 bits per heavy atom. The van der Waals surface area contributed by atoms with E-state index < -0.39 is 0 Å². The van der Waals surface area contributed by atoms with Gasteiger partial charge in [0.1, 0.15) is 0 Å². The van der Waals surface area contributed by atoms with Gasteiger partial charge in [-0.3, -0.25) is 4.99 Å². The first-order valence-electron chi connectivity index (χ1n) is 7.56. The second-order valence-electron chi connectivity index (χ2n) is 4.97. The van der Waals surface area contributed by atoms with Gasteiger partial charge >= 0.3 is 0 Å². The first-order chi connectivity index (χ1) is 8.76. The first-order valence-corrected chi connectivity index (χ1v) is 7.56. The molecule has 0 aliphatic heterocycles. The predicted molar refractivity (Wildman–Crippen MR) is 84.5 cm³/mol. The Labute approximate surface area is 114 Å². The maximum Gasteiger partial charge on any atom is 0.0373 e. The van der Waals surface area contributed by atoms with Crippen LogP contribution in [0.5, 0.6) is 0 Å². The van der Waals surface area contributed by atoms with E-state index in [9.17, 15) is 0 Å². The number of aliphatic imine (C=N–C) groups is 1. The van der Waals surface area contributed by atoms with E-state index in [-0.39, 0.29) is 0 Å². The highest BCUT2D eigenvalue weighted by atomic mass is 14.7. The normalized spacial score (nSPS) is 14.8. The lowest BCUT2D eigenvalue weighted by molar-refractivity contribution is 0.625. The van der Waals surface area contributed by atoms with E-state index in [0.717, 1.165) is 0 Å². The van der Waals surface area contributed by atoms with E-state index in [1.165, 1.54) is 50.7 Å². The molecule has 0 N–H and O–H groups in total. The van der Waals surface area contributed by atoms with Crippen LogP contribution >= 0.6 is 0 Å². The molecule has 1 nitrogen and oxygen atoms in total. The van der Waals surface area contributed by atoms with Gasteiger partial charge in [0.2, 0.25) is 0 Å². The Morgan fingerprint density at radius 3 is 2.39 bits per heavy atom. The third kappa shape index (κ3) is 9.21. The minimum Gasteiger partial charge on any atom is -0.293 e. The molecule has 0 aromatic rings. The van der Waals surface area contributed by atoms with Gasteiger partial charge in [-0.25, -0.2) is 0 Å². The highest BCUT2D eigenvalue weighted by Gasteiger charge is 2.05. The van der Waals surface area contributed by atoms with Crippen LogP contribution in [-0.4, -0.2) is 12.8 Å². The quantitative estimate of drug-likeness (QED) is 0.272. The molecule has 0 bridgehead atoms. The van der Waals surface area contributed by atoms with Crippen molar-refractivity contribution < 1.29 is 0 Å². The molecule has 0 amide bonds. The minimum absolute atomic E-state index is 0.583. The van der Waals surface area contributed by atoms with Gasteiger partial charge < -0.3 is 0 Å². The van der Waals surface area contributed by atoms with Crippen LogP contribution in [0, 0.1) is 5.92 Å². The van der Waals surface area contributed by atoms with E-state index in [2.05, 4.69) is 50.1 Å². The summed E-state index contributed by atoms with van der Waals surface area (Å²) >= 11 is 0. The average Bonchev–Trinajstić information content (AvgIpc) is 2.39. The molecule has 0 aromatic heterocycles. The monoisotopic (exact) mass is 249 g/mol. The van der Waals surface area contributed by atoms with Crippen LogP contribution < -0.4 is 0 Å². The summed E-state index contributed by atoms with van der Waals surface area (Å²) in [5.41, 5.74) is 1.22. The van der Waals surface area contributed by atoms with Crippen molar-refractivity contribution in [3.05, 3.63) is 24.3 Å². The molecule has 1 atom stereocenters. The van der Waals surface area contributed by atoms with Crippen LogP contribution in [0.1, 0.15) is 65.7 Å². The van der Waals surface area contributed by atoms with Crippen molar-refractivity contribution in [3.8, 4) is 0 Å². The number of hydrogen-bond acceptors (Lipinski definition) is 1. The highest BCUT2D eigenvalue weighted by molar-refractivity contribution is 5.96.